The van der Waals surface area contributed by atoms with E-state index in [2.05, 4.69) is 20.3 Å². The number of nitrogens with zero attached hydrogens (tertiary/aromatic N) is 4. The lowest BCUT2D eigenvalue weighted by Gasteiger charge is -2.21. The van der Waals surface area contributed by atoms with Crippen molar-refractivity contribution in [3.8, 4) is 17.9 Å². The zero-order chi connectivity index (χ0) is 26.7. The standard InChI is InChI=1S/C25H25N7O4S/c1-15(2)7-12-32-20-6-4-16(28-10-8-26)13-18(20)23(33)22(25(32)34)24-30-19-5-3-17(29-11-9-27)14-21(19)37(35,36)31-24/h3-6,13-15,28-29,33H,7,10-12H2,1-2H3,(H,30,31). The van der Waals surface area contributed by atoms with E-state index in [0.29, 0.717) is 35.2 Å². The molecule has 0 atom stereocenters. The summed E-state index contributed by atoms with van der Waals surface area (Å²) in [5, 5.41) is 37.8. The Bertz CT molecular complexity index is 1660. The van der Waals surface area contributed by atoms with E-state index in [1.54, 1.807) is 24.3 Å². The number of benzene rings is 2. The summed E-state index contributed by atoms with van der Waals surface area (Å²) in [5.41, 5.74) is 0.784. The van der Waals surface area contributed by atoms with Crippen molar-refractivity contribution in [1.29, 1.82) is 10.5 Å². The Morgan fingerprint density at radius 2 is 1.73 bits per heavy atom. The van der Waals surface area contributed by atoms with Crippen molar-refractivity contribution in [3.05, 3.63) is 52.3 Å². The van der Waals surface area contributed by atoms with Crippen molar-refractivity contribution in [3.63, 3.8) is 0 Å². The molecule has 3 aromatic rings. The molecule has 0 radical (unpaired) electrons. The number of nitrogens with one attached hydrogen (secondary N) is 3. The van der Waals surface area contributed by atoms with Crippen LogP contribution in [0.25, 0.3) is 10.9 Å². The van der Waals surface area contributed by atoms with Crippen LogP contribution < -0.4 is 21.5 Å². The lowest BCUT2D eigenvalue weighted by atomic mass is 10.1. The third kappa shape index (κ3) is 5.06. The van der Waals surface area contributed by atoms with Gasteiger partial charge >= 0.3 is 0 Å². The minimum atomic E-state index is -4.24. The second-order valence-corrected chi connectivity index (χ2v) is 10.4. The summed E-state index contributed by atoms with van der Waals surface area (Å²) in [6, 6.07) is 13.3. The predicted octanol–water partition coefficient (Wildman–Crippen LogP) is 3.19. The number of aromatic hydroxyl groups is 1. The Kier molecular flexibility index (Phi) is 7.05. The SMILES string of the molecule is CC(C)CCn1c(=O)c(C2=NS(=O)(=O)c3cc(NCC#N)ccc3N2)c(O)c2cc(NCC#N)ccc21. The molecule has 1 aliphatic heterocycles. The highest BCUT2D eigenvalue weighted by atomic mass is 32.2. The van der Waals surface area contributed by atoms with Crippen LogP contribution in [0.5, 0.6) is 5.75 Å². The minimum Gasteiger partial charge on any atom is -0.506 e. The Hall–Kier alpha value is -4.55. The quantitative estimate of drug-likeness (QED) is 0.326. The number of rotatable bonds is 8. The van der Waals surface area contributed by atoms with E-state index in [4.69, 9.17) is 10.5 Å². The molecule has 0 amide bonds. The number of hydrogen-bond acceptors (Lipinski definition) is 9. The fraction of sp³-hybridized carbons (Fsp3) is 0.280. The molecule has 0 bridgehead atoms. The van der Waals surface area contributed by atoms with Gasteiger partial charge in [-0.2, -0.15) is 18.9 Å². The fourth-order valence-electron chi connectivity index (χ4n) is 4.03. The van der Waals surface area contributed by atoms with Crippen LogP contribution in [-0.2, 0) is 16.6 Å². The van der Waals surface area contributed by atoms with E-state index in [9.17, 15) is 18.3 Å². The number of amidine groups is 1. The summed E-state index contributed by atoms with van der Waals surface area (Å²) >= 11 is 0. The number of aryl methyl sites for hydroxylation is 1. The van der Waals surface area contributed by atoms with E-state index in [-0.39, 0.29) is 41.0 Å². The number of pyridine rings is 1. The second-order valence-electron chi connectivity index (χ2n) is 8.87. The van der Waals surface area contributed by atoms with Crippen LogP contribution in [0.1, 0.15) is 25.8 Å². The van der Waals surface area contributed by atoms with E-state index in [1.807, 2.05) is 26.0 Å². The van der Waals surface area contributed by atoms with Gasteiger partial charge in [0.1, 0.15) is 29.3 Å². The number of nitriles is 2. The molecular formula is C25H25N7O4S. The molecule has 0 fully saturated rings. The van der Waals surface area contributed by atoms with Gasteiger partial charge in [0.25, 0.3) is 15.6 Å². The Morgan fingerprint density at radius 1 is 1.08 bits per heavy atom. The van der Waals surface area contributed by atoms with E-state index in [0.717, 1.165) is 0 Å². The molecule has 37 heavy (non-hydrogen) atoms. The van der Waals surface area contributed by atoms with Gasteiger partial charge in [-0.1, -0.05) is 13.8 Å². The first-order valence-corrected chi connectivity index (χ1v) is 13.0. The third-order valence-electron chi connectivity index (χ3n) is 5.87. The molecule has 1 aliphatic rings. The van der Waals surface area contributed by atoms with Crippen LogP contribution in [0, 0.1) is 28.6 Å². The zero-order valence-corrected chi connectivity index (χ0v) is 21.1. The summed E-state index contributed by atoms with van der Waals surface area (Å²) in [6.07, 6.45) is 0.674. The number of fused-ring (bicyclic) bond motifs is 2. The summed E-state index contributed by atoms with van der Waals surface area (Å²) in [7, 11) is -4.24. The van der Waals surface area contributed by atoms with Crippen LogP contribution in [-0.4, -0.2) is 37.0 Å². The van der Waals surface area contributed by atoms with Gasteiger partial charge in [-0.3, -0.25) is 4.79 Å². The van der Waals surface area contributed by atoms with Crippen molar-refractivity contribution in [2.75, 3.05) is 29.0 Å². The van der Waals surface area contributed by atoms with E-state index in [1.165, 1.54) is 16.7 Å². The Balaban J connectivity index is 1.90. The lowest BCUT2D eigenvalue weighted by Crippen LogP contribution is -2.33. The van der Waals surface area contributed by atoms with Gasteiger partial charge in [-0.05, 0) is 48.7 Å². The molecule has 4 N–H and O–H groups in total. The van der Waals surface area contributed by atoms with Crippen LogP contribution in [0.4, 0.5) is 17.1 Å². The van der Waals surface area contributed by atoms with Crippen molar-refractivity contribution in [2.45, 2.75) is 31.7 Å². The number of anilines is 3. The molecule has 2 heterocycles. The Labute approximate surface area is 213 Å². The minimum absolute atomic E-state index is 0.00707. The maximum absolute atomic E-state index is 13.7. The van der Waals surface area contributed by atoms with Gasteiger partial charge in [0, 0.05) is 23.3 Å². The van der Waals surface area contributed by atoms with Crippen molar-refractivity contribution < 1.29 is 13.5 Å². The lowest BCUT2D eigenvalue weighted by molar-refractivity contribution is 0.474. The fourth-order valence-corrected chi connectivity index (χ4v) is 5.18. The molecule has 11 nitrogen and oxygen atoms in total. The van der Waals surface area contributed by atoms with Crippen LogP contribution in [0.2, 0.25) is 0 Å². The van der Waals surface area contributed by atoms with Gasteiger partial charge in [0.15, 0.2) is 5.84 Å². The van der Waals surface area contributed by atoms with Gasteiger partial charge in [0.05, 0.1) is 23.3 Å². The first-order chi connectivity index (χ1) is 17.7. The highest BCUT2D eigenvalue weighted by Crippen LogP contribution is 2.34. The maximum atomic E-state index is 13.7. The normalized spacial score (nSPS) is 13.7. The smallest absolute Gasteiger partial charge is 0.286 e. The molecular weight excluding hydrogens is 494 g/mol. The van der Waals surface area contributed by atoms with Crippen molar-refractivity contribution >= 4 is 43.8 Å². The number of aromatic nitrogens is 1. The summed E-state index contributed by atoms with van der Waals surface area (Å²) in [5.74, 6) is -0.418. The number of sulfonamides is 1. The average Bonchev–Trinajstić information content (AvgIpc) is 2.86. The average molecular weight is 520 g/mol. The van der Waals surface area contributed by atoms with Crippen molar-refractivity contribution in [1.82, 2.24) is 4.57 Å². The van der Waals surface area contributed by atoms with Crippen molar-refractivity contribution in [2.24, 2.45) is 10.3 Å². The monoisotopic (exact) mass is 519 g/mol. The molecule has 12 heteroatoms. The molecule has 0 aliphatic carbocycles. The van der Waals surface area contributed by atoms with E-state index >= 15 is 0 Å². The molecule has 0 spiro atoms. The van der Waals surface area contributed by atoms with Crippen LogP contribution in [0.15, 0.2) is 50.5 Å². The first kappa shape index (κ1) is 25.5. The summed E-state index contributed by atoms with van der Waals surface area (Å²) in [6.45, 7) is 4.42. The van der Waals surface area contributed by atoms with Gasteiger partial charge in [-0.25, -0.2) is 0 Å². The number of hydrogen-bond donors (Lipinski definition) is 4. The van der Waals surface area contributed by atoms with Gasteiger partial charge in [0.2, 0.25) is 0 Å². The van der Waals surface area contributed by atoms with Gasteiger partial charge in [-0.15, -0.1) is 4.40 Å². The zero-order valence-electron chi connectivity index (χ0n) is 20.2. The molecule has 0 unspecified atom stereocenters. The molecule has 2 aromatic carbocycles. The summed E-state index contributed by atoms with van der Waals surface area (Å²) in [4.78, 5) is 13.5. The third-order valence-corrected chi connectivity index (χ3v) is 7.19. The second kappa shape index (κ2) is 10.2. The molecule has 0 saturated carbocycles. The molecule has 4 rings (SSSR count). The molecule has 1 aromatic heterocycles. The predicted molar refractivity (Wildman–Crippen MR) is 141 cm³/mol. The summed E-state index contributed by atoms with van der Waals surface area (Å²) < 4.78 is 31.5. The molecule has 0 saturated heterocycles. The van der Waals surface area contributed by atoms with Crippen LogP contribution in [0.3, 0.4) is 0 Å². The largest absolute Gasteiger partial charge is 0.506 e. The highest BCUT2D eigenvalue weighted by molar-refractivity contribution is 7.90. The maximum Gasteiger partial charge on any atom is 0.286 e. The van der Waals surface area contributed by atoms with E-state index < -0.39 is 21.3 Å². The van der Waals surface area contributed by atoms with Crippen LogP contribution >= 0.6 is 0 Å². The first-order valence-electron chi connectivity index (χ1n) is 11.5. The molecule has 190 valence electrons. The Morgan fingerprint density at radius 3 is 2.38 bits per heavy atom. The van der Waals surface area contributed by atoms with Gasteiger partial charge < -0.3 is 25.6 Å². The topological polar surface area (TPSA) is 172 Å². The highest BCUT2D eigenvalue weighted by Gasteiger charge is 2.30.